The summed E-state index contributed by atoms with van der Waals surface area (Å²) in [6.07, 6.45) is 0.833. The van der Waals surface area contributed by atoms with E-state index in [-0.39, 0.29) is 22.6 Å². The van der Waals surface area contributed by atoms with Crippen molar-refractivity contribution in [3.05, 3.63) is 71.3 Å². The molecule has 1 aliphatic heterocycles. The van der Waals surface area contributed by atoms with E-state index in [1.54, 1.807) is 0 Å². The molecule has 0 aliphatic carbocycles. The van der Waals surface area contributed by atoms with Crippen LogP contribution in [0.15, 0.2) is 54.6 Å². The fourth-order valence-electron chi connectivity index (χ4n) is 3.56. The molecule has 0 spiro atoms. The van der Waals surface area contributed by atoms with Gasteiger partial charge in [-0.3, -0.25) is 4.79 Å². The van der Waals surface area contributed by atoms with E-state index in [2.05, 4.69) is 69.0 Å². The van der Waals surface area contributed by atoms with Gasteiger partial charge in [-0.05, 0) is 28.5 Å². The number of carbonyl (C=O) groups is 1. The maximum absolute atomic E-state index is 13.3. The smallest absolute Gasteiger partial charge is 0.231 e. The maximum atomic E-state index is 13.3. The van der Waals surface area contributed by atoms with Gasteiger partial charge < -0.3 is 4.90 Å². The summed E-state index contributed by atoms with van der Waals surface area (Å²) in [5.74, 6) is 1.21. The Morgan fingerprint density at radius 2 is 1.77 bits per heavy atom. The van der Waals surface area contributed by atoms with Crippen LogP contribution in [0.25, 0.3) is 0 Å². The molecule has 26 heavy (non-hydrogen) atoms. The van der Waals surface area contributed by atoms with Crippen LogP contribution in [0.3, 0.4) is 0 Å². The van der Waals surface area contributed by atoms with Gasteiger partial charge in [0.15, 0.2) is 0 Å². The molecule has 2 nitrogen and oxygen atoms in total. The molecule has 3 rings (SSSR count). The molecule has 2 aromatic rings. The average molecular weight is 368 g/mol. The van der Waals surface area contributed by atoms with Gasteiger partial charge in [-0.2, -0.15) is 0 Å². The predicted octanol–water partition coefficient (Wildman–Crippen LogP) is 5.75. The minimum absolute atomic E-state index is 0.0498. The van der Waals surface area contributed by atoms with E-state index in [0.29, 0.717) is 0 Å². The first kappa shape index (κ1) is 19.0. The van der Waals surface area contributed by atoms with E-state index in [9.17, 15) is 4.79 Å². The zero-order valence-corrected chi connectivity index (χ0v) is 17.1. The van der Waals surface area contributed by atoms with Crippen molar-refractivity contribution in [2.45, 2.75) is 50.8 Å². The first-order valence-electron chi connectivity index (χ1n) is 9.49. The Labute approximate surface area is 162 Å². The largest absolute Gasteiger partial charge is 0.325 e. The lowest BCUT2D eigenvalue weighted by Crippen LogP contribution is -2.34. The maximum Gasteiger partial charge on any atom is 0.231 e. The van der Waals surface area contributed by atoms with Crippen LogP contribution in [0, 0.1) is 0 Å². The van der Waals surface area contributed by atoms with Crippen LogP contribution in [0.5, 0.6) is 0 Å². The summed E-state index contributed by atoms with van der Waals surface area (Å²) in [4.78, 5) is 15.4. The lowest BCUT2D eigenvalue weighted by molar-refractivity contribution is -0.133. The van der Waals surface area contributed by atoms with Crippen LogP contribution in [0.4, 0.5) is 0 Å². The third-order valence-corrected chi connectivity index (χ3v) is 6.40. The van der Waals surface area contributed by atoms with Gasteiger partial charge in [0, 0.05) is 12.3 Å². The van der Waals surface area contributed by atoms with Gasteiger partial charge >= 0.3 is 0 Å². The Hall–Kier alpha value is -1.74. The monoisotopic (exact) mass is 367 g/mol. The molecule has 1 aliphatic rings. The Kier molecular flexibility index (Phi) is 5.76. The number of hydrogen-bond acceptors (Lipinski definition) is 2. The summed E-state index contributed by atoms with van der Waals surface area (Å²) in [5.41, 5.74) is 3.84. The van der Waals surface area contributed by atoms with Crippen LogP contribution in [0.1, 0.15) is 62.1 Å². The number of amides is 1. The first-order valence-corrected chi connectivity index (χ1v) is 10.5. The highest BCUT2D eigenvalue weighted by Gasteiger charge is 2.34. The summed E-state index contributed by atoms with van der Waals surface area (Å²) in [7, 11) is 0. The van der Waals surface area contributed by atoms with E-state index in [0.717, 1.165) is 24.3 Å². The van der Waals surface area contributed by atoms with Crippen LogP contribution >= 0.6 is 11.8 Å². The molecule has 0 saturated carbocycles. The quantitative estimate of drug-likeness (QED) is 0.685. The molecule has 138 valence electrons. The Morgan fingerprint density at radius 3 is 2.35 bits per heavy atom. The third-order valence-electron chi connectivity index (χ3n) is 5.14. The Balaban J connectivity index is 1.82. The number of carbonyl (C=O) groups excluding carboxylic acids is 1. The normalized spacial score (nSPS) is 18.8. The van der Waals surface area contributed by atoms with Crippen molar-refractivity contribution in [1.82, 2.24) is 4.90 Å². The molecule has 0 bridgehead atoms. The van der Waals surface area contributed by atoms with E-state index in [1.165, 1.54) is 11.1 Å². The van der Waals surface area contributed by atoms with Crippen LogP contribution in [0.2, 0.25) is 0 Å². The zero-order valence-electron chi connectivity index (χ0n) is 16.2. The van der Waals surface area contributed by atoms with Gasteiger partial charge in [-0.1, -0.05) is 82.3 Å². The van der Waals surface area contributed by atoms with Gasteiger partial charge in [-0.15, -0.1) is 11.8 Å². The van der Waals surface area contributed by atoms with Crippen LogP contribution in [-0.4, -0.2) is 23.1 Å². The summed E-state index contributed by atoms with van der Waals surface area (Å²) in [6, 6.07) is 19.0. The lowest BCUT2D eigenvalue weighted by atomic mass is 9.86. The number of hydrogen-bond donors (Lipinski definition) is 0. The molecule has 2 aromatic carbocycles. The second kappa shape index (κ2) is 7.87. The van der Waals surface area contributed by atoms with Crippen molar-refractivity contribution in [3.63, 3.8) is 0 Å². The minimum atomic E-state index is -0.0498. The van der Waals surface area contributed by atoms with Crippen molar-refractivity contribution in [2.75, 3.05) is 12.3 Å². The van der Waals surface area contributed by atoms with Gasteiger partial charge in [0.25, 0.3) is 0 Å². The van der Waals surface area contributed by atoms with Gasteiger partial charge in [0.2, 0.25) is 5.91 Å². The highest BCUT2D eigenvalue weighted by molar-refractivity contribution is 7.99. The van der Waals surface area contributed by atoms with Crippen molar-refractivity contribution >= 4 is 17.7 Å². The second-order valence-corrected chi connectivity index (χ2v) is 9.19. The fourth-order valence-corrected chi connectivity index (χ4v) is 4.82. The lowest BCUT2D eigenvalue weighted by Gasteiger charge is -2.29. The summed E-state index contributed by atoms with van der Waals surface area (Å²) in [5, 5.41) is 0.134. The molecular formula is C23H29NOS. The molecule has 1 fully saturated rings. The van der Waals surface area contributed by atoms with E-state index < -0.39 is 0 Å². The van der Waals surface area contributed by atoms with E-state index in [1.807, 2.05) is 30.0 Å². The predicted molar refractivity (Wildman–Crippen MR) is 112 cm³/mol. The zero-order chi connectivity index (χ0) is 18.7. The standard InChI is InChI=1S/C23H29NOS/c1-5-20(17-9-7-6-8-10-17)21(25)24-15-16-26-22(24)18-11-13-19(14-12-18)23(2,3)4/h6-14,20,22H,5,15-16H2,1-4H3/t20-,22-/m0/s1. The molecule has 1 amide bonds. The molecule has 2 atom stereocenters. The van der Waals surface area contributed by atoms with Crippen molar-refractivity contribution in [1.29, 1.82) is 0 Å². The number of thioether (sulfide) groups is 1. The average Bonchev–Trinajstić information content (AvgIpc) is 3.12. The molecule has 1 saturated heterocycles. The van der Waals surface area contributed by atoms with Crippen molar-refractivity contribution in [2.24, 2.45) is 0 Å². The van der Waals surface area contributed by atoms with Gasteiger partial charge in [0.05, 0.1) is 5.92 Å². The van der Waals surface area contributed by atoms with Gasteiger partial charge in [-0.25, -0.2) is 0 Å². The summed E-state index contributed by atoms with van der Waals surface area (Å²) in [6.45, 7) is 9.63. The molecule has 0 radical (unpaired) electrons. The topological polar surface area (TPSA) is 20.3 Å². The Bertz CT molecular complexity index is 733. The first-order chi connectivity index (χ1) is 12.4. The van der Waals surface area contributed by atoms with Crippen molar-refractivity contribution in [3.8, 4) is 0 Å². The highest BCUT2D eigenvalue weighted by Crippen LogP contribution is 2.40. The molecule has 1 heterocycles. The molecule has 0 unspecified atom stereocenters. The number of rotatable bonds is 4. The highest BCUT2D eigenvalue weighted by atomic mass is 32.2. The second-order valence-electron chi connectivity index (χ2n) is 8.00. The van der Waals surface area contributed by atoms with Crippen LogP contribution in [-0.2, 0) is 10.2 Å². The third kappa shape index (κ3) is 3.98. The fraction of sp³-hybridized carbons (Fsp3) is 0.435. The number of nitrogens with zero attached hydrogens (tertiary/aromatic N) is 1. The molecule has 0 aromatic heterocycles. The van der Waals surface area contributed by atoms with Gasteiger partial charge in [0.1, 0.15) is 5.37 Å². The molecule has 3 heteroatoms. The summed E-state index contributed by atoms with van der Waals surface area (Å²) >= 11 is 1.87. The van der Waals surface area contributed by atoms with Crippen molar-refractivity contribution < 1.29 is 4.79 Å². The van der Waals surface area contributed by atoms with E-state index in [4.69, 9.17) is 0 Å². The summed E-state index contributed by atoms with van der Waals surface area (Å²) < 4.78 is 0. The van der Waals surface area contributed by atoms with E-state index >= 15 is 0 Å². The SMILES string of the molecule is CC[C@H](C(=O)N1CCS[C@H]1c1ccc(C(C)(C)C)cc1)c1ccccc1. The molecule has 0 N–H and O–H groups in total. The number of benzene rings is 2. The minimum Gasteiger partial charge on any atom is -0.325 e. The Morgan fingerprint density at radius 1 is 1.12 bits per heavy atom. The molecular weight excluding hydrogens is 338 g/mol. The van der Waals surface area contributed by atoms with Crippen LogP contribution < -0.4 is 0 Å².